The molecule has 0 aliphatic heterocycles. The Morgan fingerprint density at radius 2 is 1.82 bits per heavy atom. The van der Waals surface area contributed by atoms with Gasteiger partial charge in [-0.25, -0.2) is 4.99 Å². The van der Waals surface area contributed by atoms with Crippen molar-refractivity contribution in [2.45, 2.75) is 46.7 Å². The van der Waals surface area contributed by atoms with Gasteiger partial charge in [0.05, 0.1) is 6.04 Å². The topological polar surface area (TPSA) is 92.6 Å². The van der Waals surface area contributed by atoms with E-state index >= 15 is 0 Å². The van der Waals surface area contributed by atoms with Crippen LogP contribution in [-0.2, 0) is 13.0 Å². The van der Waals surface area contributed by atoms with Crippen molar-refractivity contribution in [2.75, 3.05) is 6.54 Å². The summed E-state index contributed by atoms with van der Waals surface area (Å²) in [4.78, 5) is 15.6. The highest BCUT2D eigenvalue weighted by molar-refractivity contribution is 14.0. The van der Waals surface area contributed by atoms with Gasteiger partial charge in [0.1, 0.15) is 12.3 Å². The number of benzene rings is 1. The van der Waals surface area contributed by atoms with Crippen molar-refractivity contribution in [1.29, 1.82) is 0 Å². The minimum absolute atomic E-state index is 0. The first-order valence-electron chi connectivity index (χ1n) is 9.41. The molecule has 154 valence electrons. The summed E-state index contributed by atoms with van der Waals surface area (Å²) >= 11 is 0. The van der Waals surface area contributed by atoms with Crippen LogP contribution in [0.15, 0.2) is 45.8 Å². The molecule has 0 saturated carbocycles. The van der Waals surface area contributed by atoms with Crippen LogP contribution >= 0.6 is 24.0 Å². The van der Waals surface area contributed by atoms with E-state index in [-0.39, 0.29) is 35.8 Å². The first-order valence-corrected chi connectivity index (χ1v) is 9.41. The van der Waals surface area contributed by atoms with E-state index in [1.54, 1.807) is 12.1 Å². The van der Waals surface area contributed by atoms with E-state index in [9.17, 15) is 4.79 Å². The van der Waals surface area contributed by atoms with Gasteiger partial charge in [-0.2, -0.15) is 0 Å². The number of nitrogens with zero attached hydrogens (tertiary/aromatic N) is 1. The predicted octanol–water partition coefficient (Wildman–Crippen LogP) is 4.01. The van der Waals surface area contributed by atoms with Crippen LogP contribution in [0.25, 0.3) is 0 Å². The lowest BCUT2D eigenvalue weighted by Gasteiger charge is -2.18. The third kappa shape index (κ3) is 7.53. The minimum atomic E-state index is -0.579. The number of primary amides is 1. The molecule has 2 rings (SSSR count). The second kappa shape index (κ2) is 11.7. The Hall–Kier alpha value is -2.03. The summed E-state index contributed by atoms with van der Waals surface area (Å²) in [6.07, 6.45) is 1.09. The predicted molar refractivity (Wildman–Crippen MR) is 124 cm³/mol. The number of rotatable bonds is 8. The molecular formula is C21H31IN4O2. The van der Waals surface area contributed by atoms with Crippen LogP contribution < -0.4 is 16.4 Å². The molecule has 0 radical (unpaired) electrons. The van der Waals surface area contributed by atoms with Crippen LogP contribution in [-0.4, -0.2) is 18.4 Å². The zero-order valence-corrected chi connectivity index (χ0v) is 19.3. The van der Waals surface area contributed by atoms with Crippen molar-refractivity contribution in [3.63, 3.8) is 0 Å². The molecule has 0 bridgehead atoms. The lowest BCUT2D eigenvalue weighted by atomic mass is 10.00. The molecule has 0 saturated heterocycles. The van der Waals surface area contributed by atoms with Crippen molar-refractivity contribution in [3.05, 3.63) is 59.0 Å². The fourth-order valence-electron chi connectivity index (χ4n) is 2.77. The monoisotopic (exact) mass is 498 g/mol. The molecule has 1 unspecified atom stereocenters. The molecule has 0 spiro atoms. The number of halogens is 1. The standard InChI is InChI=1S/C21H30N4O2.HI/c1-5-23-21(24-13-18-10-11-19(27-18)20(22)26)25-15(4)17-8-6-16(7-9-17)12-14(2)3;/h6-11,14-15H,5,12-13H2,1-4H3,(H2,22,26)(H2,23,24,25);1H. The van der Waals surface area contributed by atoms with Crippen LogP contribution in [0.1, 0.15) is 61.2 Å². The van der Waals surface area contributed by atoms with E-state index in [0.29, 0.717) is 24.2 Å². The Morgan fingerprint density at radius 1 is 1.14 bits per heavy atom. The maximum absolute atomic E-state index is 11.1. The molecule has 0 aliphatic rings. The molecule has 0 aliphatic carbocycles. The maximum Gasteiger partial charge on any atom is 0.284 e. The summed E-state index contributed by atoms with van der Waals surface area (Å²) in [6.45, 7) is 9.63. The number of amides is 1. The van der Waals surface area contributed by atoms with Crippen molar-refractivity contribution < 1.29 is 9.21 Å². The van der Waals surface area contributed by atoms with Gasteiger partial charge in [-0.1, -0.05) is 38.1 Å². The maximum atomic E-state index is 11.1. The summed E-state index contributed by atoms with van der Waals surface area (Å²) in [6, 6.07) is 12.1. The summed E-state index contributed by atoms with van der Waals surface area (Å²) in [5.41, 5.74) is 7.75. The number of aliphatic imine (C=N–C) groups is 1. The Balaban J connectivity index is 0.00000392. The first kappa shape index (κ1) is 24.0. The van der Waals surface area contributed by atoms with Crippen LogP contribution in [0, 0.1) is 5.92 Å². The highest BCUT2D eigenvalue weighted by Gasteiger charge is 2.10. The number of carbonyl (C=O) groups excluding carboxylic acids is 1. The number of hydrogen-bond donors (Lipinski definition) is 3. The Bertz CT molecular complexity index is 769. The number of furan rings is 1. The Morgan fingerprint density at radius 3 is 2.36 bits per heavy atom. The van der Waals surface area contributed by atoms with Crippen LogP contribution in [0.3, 0.4) is 0 Å². The van der Waals surface area contributed by atoms with Gasteiger partial charge < -0.3 is 20.8 Å². The zero-order chi connectivity index (χ0) is 19.8. The molecular weight excluding hydrogens is 467 g/mol. The molecule has 1 atom stereocenters. The lowest BCUT2D eigenvalue weighted by Crippen LogP contribution is -2.38. The van der Waals surface area contributed by atoms with E-state index < -0.39 is 5.91 Å². The molecule has 1 amide bonds. The number of hydrogen-bond acceptors (Lipinski definition) is 3. The average molecular weight is 498 g/mol. The molecule has 7 heteroatoms. The van der Waals surface area contributed by atoms with Gasteiger partial charge in [0.15, 0.2) is 11.7 Å². The van der Waals surface area contributed by atoms with Crippen molar-refractivity contribution in [2.24, 2.45) is 16.6 Å². The van der Waals surface area contributed by atoms with E-state index in [1.165, 1.54) is 11.1 Å². The lowest BCUT2D eigenvalue weighted by molar-refractivity contribution is 0.0972. The number of nitrogens with two attached hydrogens (primary N) is 1. The van der Waals surface area contributed by atoms with Crippen LogP contribution in [0.5, 0.6) is 0 Å². The van der Waals surface area contributed by atoms with E-state index in [2.05, 4.69) is 60.7 Å². The normalized spacial score (nSPS) is 12.4. The fraction of sp³-hybridized carbons (Fsp3) is 0.429. The summed E-state index contributed by atoms with van der Waals surface area (Å²) in [7, 11) is 0. The van der Waals surface area contributed by atoms with Gasteiger partial charge in [-0.3, -0.25) is 4.79 Å². The number of carbonyl (C=O) groups is 1. The summed E-state index contributed by atoms with van der Waals surface area (Å²) in [5, 5.41) is 6.63. The minimum Gasteiger partial charge on any atom is -0.454 e. The fourth-order valence-corrected chi connectivity index (χ4v) is 2.77. The van der Waals surface area contributed by atoms with Crippen molar-refractivity contribution in [1.82, 2.24) is 10.6 Å². The van der Waals surface area contributed by atoms with E-state index in [0.717, 1.165) is 13.0 Å². The summed E-state index contributed by atoms with van der Waals surface area (Å²) in [5.74, 6) is 1.49. The zero-order valence-electron chi connectivity index (χ0n) is 17.0. The quantitative estimate of drug-likeness (QED) is 0.291. The SMILES string of the molecule is CCNC(=NCc1ccc(C(N)=O)o1)NC(C)c1ccc(CC(C)C)cc1.I. The van der Waals surface area contributed by atoms with Gasteiger partial charge in [-0.05, 0) is 49.4 Å². The van der Waals surface area contributed by atoms with Gasteiger partial charge in [-0.15, -0.1) is 24.0 Å². The summed E-state index contributed by atoms with van der Waals surface area (Å²) < 4.78 is 5.37. The van der Waals surface area contributed by atoms with Gasteiger partial charge in [0.2, 0.25) is 0 Å². The van der Waals surface area contributed by atoms with E-state index in [4.69, 9.17) is 10.2 Å². The van der Waals surface area contributed by atoms with Crippen molar-refractivity contribution in [3.8, 4) is 0 Å². The average Bonchev–Trinajstić information content (AvgIpc) is 3.09. The highest BCUT2D eigenvalue weighted by atomic mass is 127. The largest absolute Gasteiger partial charge is 0.454 e. The second-order valence-electron chi connectivity index (χ2n) is 7.03. The molecule has 4 N–H and O–H groups in total. The third-order valence-electron chi connectivity index (χ3n) is 4.12. The Labute approximate surface area is 184 Å². The van der Waals surface area contributed by atoms with Gasteiger partial charge in [0, 0.05) is 6.54 Å². The Kier molecular flexibility index (Phi) is 10.1. The van der Waals surface area contributed by atoms with Gasteiger partial charge >= 0.3 is 0 Å². The van der Waals surface area contributed by atoms with E-state index in [1.807, 2.05) is 6.92 Å². The molecule has 1 aromatic carbocycles. The first-order chi connectivity index (χ1) is 12.9. The van der Waals surface area contributed by atoms with Gasteiger partial charge in [0.25, 0.3) is 5.91 Å². The number of guanidine groups is 1. The molecule has 6 nitrogen and oxygen atoms in total. The van der Waals surface area contributed by atoms with Crippen LogP contribution in [0.2, 0.25) is 0 Å². The highest BCUT2D eigenvalue weighted by Crippen LogP contribution is 2.16. The smallest absolute Gasteiger partial charge is 0.284 e. The molecule has 0 fully saturated rings. The molecule has 2 aromatic rings. The van der Waals surface area contributed by atoms with Crippen molar-refractivity contribution >= 4 is 35.8 Å². The molecule has 1 aromatic heterocycles. The molecule has 1 heterocycles. The van der Waals surface area contributed by atoms with Crippen LogP contribution in [0.4, 0.5) is 0 Å². The second-order valence-corrected chi connectivity index (χ2v) is 7.03. The molecule has 28 heavy (non-hydrogen) atoms. The number of nitrogens with one attached hydrogen (secondary N) is 2. The third-order valence-corrected chi connectivity index (χ3v) is 4.12.